The van der Waals surface area contributed by atoms with Gasteiger partial charge in [0, 0.05) is 0 Å². The molecule has 1 aromatic rings. The molecule has 1 aromatic carbocycles. The Bertz CT molecular complexity index is 370. The van der Waals surface area contributed by atoms with Gasteiger partial charge < -0.3 is 5.11 Å². The number of hydrogen-bond acceptors (Lipinski definition) is 1. The summed E-state index contributed by atoms with van der Waals surface area (Å²) in [5.74, 6) is -0.676. The SMILES string of the molecule is CCC1(C(=O)O)CCc2ccccc21. The molecule has 14 heavy (non-hydrogen) atoms. The fourth-order valence-electron chi connectivity index (χ4n) is 2.43. The number of carboxylic acids is 1. The maximum atomic E-state index is 11.3. The van der Waals surface area contributed by atoms with E-state index < -0.39 is 11.4 Å². The number of aliphatic carboxylic acids is 1. The molecule has 2 rings (SSSR count). The van der Waals surface area contributed by atoms with Gasteiger partial charge >= 0.3 is 5.97 Å². The van der Waals surface area contributed by atoms with Crippen molar-refractivity contribution in [2.75, 3.05) is 0 Å². The molecule has 0 saturated heterocycles. The second-order valence-corrected chi connectivity index (χ2v) is 3.90. The van der Waals surface area contributed by atoms with E-state index in [1.165, 1.54) is 5.56 Å². The first-order valence-electron chi connectivity index (χ1n) is 5.02. The summed E-state index contributed by atoms with van der Waals surface area (Å²) in [6.07, 6.45) is 2.33. The molecule has 1 aliphatic rings. The standard InChI is InChI=1S/C12H14O2/c1-2-12(11(13)14)8-7-9-5-3-4-6-10(9)12/h3-6H,2,7-8H2,1H3,(H,13,14). The molecule has 1 atom stereocenters. The smallest absolute Gasteiger partial charge is 0.314 e. The van der Waals surface area contributed by atoms with Crippen molar-refractivity contribution in [3.63, 3.8) is 0 Å². The Labute approximate surface area is 83.6 Å². The summed E-state index contributed by atoms with van der Waals surface area (Å²) < 4.78 is 0. The van der Waals surface area contributed by atoms with Crippen molar-refractivity contribution in [2.45, 2.75) is 31.6 Å². The first-order valence-corrected chi connectivity index (χ1v) is 5.02. The van der Waals surface area contributed by atoms with Gasteiger partial charge in [-0.05, 0) is 30.4 Å². The fraction of sp³-hybridized carbons (Fsp3) is 0.417. The Morgan fingerprint density at radius 1 is 1.50 bits per heavy atom. The largest absolute Gasteiger partial charge is 0.481 e. The third-order valence-electron chi connectivity index (χ3n) is 3.37. The van der Waals surface area contributed by atoms with Gasteiger partial charge in [-0.2, -0.15) is 0 Å². The van der Waals surface area contributed by atoms with Crippen LogP contribution in [0.2, 0.25) is 0 Å². The lowest BCUT2D eigenvalue weighted by Crippen LogP contribution is -2.32. The van der Waals surface area contributed by atoms with Crippen molar-refractivity contribution in [1.82, 2.24) is 0 Å². The zero-order chi connectivity index (χ0) is 10.2. The van der Waals surface area contributed by atoms with Crippen molar-refractivity contribution in [1.29, 1.82) is 0 Å². The predicted molar refractivity (Wildman–Crippen MR) is 54.4 cm³/mol. The van der Waals surface area contributed by atoms with Crippen LogP contribution in [0, 0.1) is 0 Å². The van der Waals surface area contributed by atoms with E-state index in [0.29, 0.717) is 6.42 Å². The van der Waals surface area contributed by atoms with Crippen molar-refractivity contribution in [3.8, 4) is 0 Å². The minimum Gasteiger partial charge on any atom is -0.481 e. The van der Waals surface area contributed by atoms with Crippen molar-refractivity contribution in [3.05, 3.63) is 35.4 Å². The zero-order valence-electron chi connectivity index (χ0n) is 8.29. The van der Waals surface area contributed by atoms with Crippen molar-refractivity contribution in [2.24, 2.45) is 0 Å². The van der Waals surface area contributed by atoms with Crippen LogP contribution in [0.3, 0.4) is 0 Å². The van der Waals surface area contributed by atoms with Gasteiger partial charge in [-0.25, -0.2) is 0 Å². The van der Waals surface area contributed by atoms with Crippen molar-refractivity contribution >= 4 is 5.97 Å². The molecule has 2 heteroatoms. The Morgan fingerprint density at radius 2 is 2.21 bits per heavy atom. The molecule has 1 unspecified atom stereocenters. The summed E-state index contributed by atoms with van der Waals surface area (Å²) >= 11 is 0. The van der Waals surface area contributed by atoms with E-state index in [9.17, 15) is 9.90 Å². The average Bonchev–Trinajstić information content (AvgIpc) is 2.57. The Kier molecular flexibility index (Phi) is 2.06. The third-order valence-corrected chi connectivity index (χ3v) is 3.37. The maximum absolute atomic E-state index is 11.3. The first-order chi connectivity index (χ1) is 6.70. The molecule has 2 nitrogen and oxygen atoms in total. The molecule has 0 aromatic heterocycles. The topological polar surface area (TPSA) is 37.3 Å². The van der Waals surface area contributed by atoms with Gasteiger partial charge in [0.1, 0.15) is 0 Å². The minimum atomic E-state index is -0.676. The Balaban J connectivity index is 2.55. The number of carbonyl (C=O) groups is 1. The van der Waals surface area contributed by atoms with E-state index in [0.717, 1.165) is 18.4 Å². The highest BCUT2D eigenvalue weighted by molar-refractivity contribution is 5.83. The van der Waals surface area contributed by atoms with E-state index in [4.69, 9.17) is 0 Å². The third kappa shape index (κ3) is 1.07. The first kappa shape index (κ1) is 9.25. The van der Waals surface area contributed by atoms with Gasteiger partial charge in [0.25, 0.3) is 0 Å². The van der Waals surface area contributed by atoms with Gasteiger partial charge in [-0.3, -0.25) is 4.79 Å². The van der Waals surface area contributed by atoms with Crippen LogP contribution in [0.4, 0.5) is 0 Å². The number of hydrogen-bond donors (Lipinski definition) is 1. The normalized spacial score (nSPS) is 24.6. The van der Waals surface area contributed by atoms with Gasteiger partial charge in [0.2, 0.25) is 0 Å². The second kappa shape index (κ2) is 3.12. The summed E-state index contributed by atoms with van der Waals surface area (Å²) in [6, 6.07) is 7.90. The lowest BCUT2D eigenvalue weighted by molar-refractivity contribution is -0.144. The summed E-state index contributed by atoms with van der Waals surface area (Å²) in [4.78, 5) is 11.3. The van der Waals surface area contributed by atoms with E-state index in [2.05, 4.69) is 0 Å². The van der Waals surface area contributed by atoms with E-state index >= 15 is 0 Å². The lowest BCUT2D eigenvalue weighted by Gasteiger charge is -2.23. The van der Waals surface area contributed by atoms with Gasteiger partial charge in [-0.15, -0.1) is 0 Å². The molecular weight excluding hydrogens is 176 g/mol. The van der Waals surface area contributed by atoms with Crippen LogP contribution in [-0.2, 0) is 16.6 Å². The summed E-state index contributed by atoms with van der Waals surface area (Å²) in [5.41, 5.74) is 1.61. The zero-order valence-corrected chi connectivity index (χ0v) is 8.29. The molecule has 1 N–H and O–H groups in total. The molecule has 0 amide bonds. The molecule has 0 heterocycles. The molecule has 0 bridgehead atoms. The number of rotatable bonds is 2. The number of carboxylic acid groups (broad SMARTS) is 1. The van der Waals surface area contributed by atoms with Crippen LogP contribution in [0.15, 0.2) is 24.3 Å². The van der Waals surface area contributed by atoms with Gasteiger partial charge in [-0.1, -0.05) is 31.2 Å². The molecule has 0 aliphatic heterocycles. The van der Waals surface area contributed by atoms with E-state index in [-0.39, 0.29) is 0 Å². The number of benzene rings is 1. The maximum Gasteiger partial charge on any atom is 0.314 e. The molecule has 74 valence electrons. The molecule has 0 spiro atoms. The van der Waals surface area contributed by atoms with Gasteiger partial charge in [0.05, 0.1) is 5.41 Å². The van der Waals surface area contributed by atoms with Gasteiger partial charge in [0.15, 0.2) is 0 Å². The number of aryl methyl sites for hydroxylation is 1. The molecular formula is C12H14O2. The molecule has 0 radical (unpaired) electrons. The minimum absolute atomic E-state index is 0.614. The molecule has 0 fully saturated rings. The fourth-order valence-corrected chi connectivity index (χ4v) is 2.43. The van der Waals surface area contributed by atoms with Crippen LogP contribution in [0.25, 0.3) is 0 Å². The highest BCUT2D eigenvalue weighted by Gasteiger charge is 2.43. The van der Waals surface area contributed by atoms with Crippen LogP contribution in [0.5, 0.6) is 0 Å². The summed E-state index contributed by atoms with van der Waals surface area (Å²) in [6.45, 7) is 1.95. The van der Waals surface area contributed by atoms with Crippen LogP contribution in [0.1, 0.15) is 30.9 Å². The summed E-state index contributed by atoms with van der Waals surface area (Å²) in [7, 11) is 0. The number of fused-ring (bicyclic) bond motifs is 1. The van der Waals surface area contributed by atoms with E-state index in [1.807, 2.05) is 31.2 Å². The molecule has 0 saturated carbocycles. The average molecular weight is 190 g/mol. The predicted octanol–water partition coefficient (Wildman–Crippen LogP) is 2.37. The quantitative estimate of drug-likeness (QED) is 0.777. The van der Waals surface area contributed by atoms with Crippen LogP contribution in [-0.4, -0.2) is 11.1 Å². The summed E-state index contributed by atoms with van der Waals surface area (Å²) in [5, 5.41) is 9.31. The lowest BCUT2D eigenvalue weighted by atomic mass is 9.79. The van der Waals surface area contributed by atoms with Crippen molar-refractivity contribution < 1.29 is 9.90 Å². The van der Waals surface area contributed by atoms with E-state index in [1.54, 1.807) is 0 Å². The van der Waals surface area contributed by atoms with Crippen LogP contribution < -0.4 is 0 Å². The monoisotopic (exact) mass is 190 g/mol. The molecule has 1 aliphatic carbocycles. The Morgan fingerprint density at radius 3 is 2.86 bits per heavy atom. The Hall–Kier alpha value is -1.31. The second-order valence-electron chi connectivity index (χ2n) is 3.90. The highest BCUT2D eigenvalue weighted by Crippen LogP contribution is 2.41. The highest BCUT2D eigenvalue weighted by atomic mass is 16.4. The van der Waals surface area contributed by atoms with Crippen LogP contribution >= 0.6 is 0 Å².